The third-order valence-electron chi connectivity index (χ3n) is 3.47. The summed E-state index contributed by atoms with van der Waals surface area (Å²) in [5.74, 6) is -1.33. The lowest BCUT2D eigenvalue weighted by molar-refractivity contribution is -0.130. The van der Waals surface area contributed by atoms with Crippen LogP contribution in [0, 0.1) is 5.82 Å². The number of hydrogen-bond donors (Lipinski definition) is 0. The number of sulfone groups is 1. The van der Waals surface area contributed by atoms with Gasteiger partial charge in [0.25, 0.3) is 0 Å². The zero-order valence-electron chi connectivity index (χ0n) is 12.5. The Hall–Kier alpha value is -1.47. The van der Waals surface area contributed by atoms with Crippen LogP contribution in [-0.4, -0.2) is 50.5 Å². The van der Waals surface area contributed by atoms with Gasteiger partial charge < -0.3 is 9.64 Å². The molecule has 0 saturated carbocycles. The molecule has 1 aromatic rings. The monoisotopic (exact) mass is 329 g/mol. The minimum atomic E-state index is -3.39. The summed E-state index contributed by atoms with van der Waals surface area (Å²) in [4.78, 5) is 13.7. The van der Waals surface area contributed by atoms with E-state index in [-0.39, 0.29) is 18.5 Å². The van der Waals surface area contributed by atoms with Gasteiger partial charge in [0.2, 0.25) is 5.91 Å². The molecule has 22 heavy (non-hydrogen) atoms. The summed E-state index contributed by atoms with van der Waals surface area (Å²) in [6, 6.07) is 5.82. The number of ether oxygens (including phenoxy) is 1. The van der Waals surface area contributed by atoms with E-state index in [0.29, 0.717) is 13.2 Å². The Bertz CT molecular complexity index is 609. The minimum Gasteiger partial charge on any atom is -0.376 e. The second-order valence-corrected chi connectivity index (χ2v) is 7.75. The maximum Gasteiger partial charge on any atom is 0.238 e. The predicted molar refractivity (Wildman–Crippen MR) is 80.5 cm³/mol. The molecule has 0 N–H and O–H groups in total. The number of nitrogens with zero attached hydrogens (tertiary/aromatic N) is 1. The fraction of sp³-hybridized carbons (Fsp3) is 0.533. The van der Waals surface area contributed by atoms with Crippen molar-refractivity contribution < 1.29 is 22.3 Å². The number of rotatable bonds is 6. The summed E-state index contributed by atoms with van der Waals surface area (Å²) in [6.07, 6.45) is 2.76. The molecule has 0 bridgehead atoms. The molecule has 1 atom stereocenters. The molecule has 1 aliphatic rings. The maximum absolute atomic E-state index is 13.0. The van der Waals surface area contributed by atoms with Crippen molar-refractivity contribution in [1.82, 2.24) is 4.90 Å². The van der Waals surface area contributed by atoms with Crippen molar-refractivity contribution >= 4 is 15.7 Å². The van der Waals surface area contributed by atoms with Crippen molar-refractivity contribution in [2.24, 2.45) is 0 Å². The van der Waals surface area contributed by atoms with Crippen LogP contribution >= 0.6 is 0 Å². The molecule has 2 rings (SSSR count). The number of carbonyl (C=O) groups is 1. The number of amides is 1. The van der Waals surface area contributed by atoms with Gasteiger partial charge in [-0.25, -0.2) is 12.8 Å². The minimum absolute atomic E-state index is 0.0658. The summed E-state index contributed by atoms with van der Waals surface area (Å²) in [5, 5.41) is 0. The SMILES string of the molecule is CS(=O)(=O)CC(=O)N(Cc1ccc(F)cc1)C[C@H]1CCCO1. The van der Waals surface area contributed by atoms with E-state index < -0.39 is 21.5 Å². The highest BCUT2D eigenvalue weighted by Crippen LogP contribution is 2.16. The molecule has 0 spiro atoms. The Labute approximate surface area is 130 Å². The number of benzene rings is 1. The van der Waals surface area contributed by atoms with Gasteiger partial charge in [-0.15, -0.1) is 0 Å². The van der Waals surface area contributed by atoms with E-state index in [9.17, 15) is 17.6 Å². The van der Waals surface area contributed by atoms with Crippen LogP contribution < -0.4 is 0 Å². The first-order valence-corrected chi connectivity index (χ1v) is 9.21. The number of carbonyl (C=O) groups excluding carboxylic acids is 1. The molecule has 5 nitrogen and oxygen atoms in total. The van der Waals surface area contributed by atoms with Crippen LogP contribution in [0.5, 0.6) is 0 Å². The largest absolute Gasteiger partial charge is 0.376 e. The fourth-order valence-electron chi connectivity index (χ4n) is 2.41. The van der Waals surface area contributed by atoms with Gasteiger partial charge >= 0.3 is 0 Å². The van der Waals surface area contributed by atoms with Gasteiger partial charge in [-0.05, 0) is 30.5 Å². The summed E-state index contributed by atoms with van der Waals surface area (Å²) in [5.41, 5.74) is 0.751. The highest BCUT2D eigenvalue weighted by Gasteiger charge is 2.24. The first kappa shape index (κ1) is 16.9. The Morgan fingerprint density at radius 2 is 2.05 bits per heavy atom. The first-order valence-electron chi connectivity index (χ1n) is 7.15. The first-order chi connectivity index (χ1) is 10.3. The van der Waals surface area contributed by atoms with Gasteiger partial charge in [0.05, 0.1) is 6.10 Å². The molecule has 0 radical (unpaired) electrons. The van der Waals surface area contributed by atoms with E-state index in [4.69, 9.17) is 4.74 Å². The number of hydrogen-bond acceptors (Lipinski definition) is 4. The lowest BCUT2D eigenvalue weighted by Gasteiger charge is -2.25. The highest BCUT2D eigenvalue weighted by atomic mass is 32.2. The highest BCUT2D eigenvalue weighted by molar-refractivity contribution is 7.91. The maximum atomic E-state index is 13.0. The second-order valence-electron chi connectivity index (χ2n) is 5.61. The summed E-state index contributed by atoms with van der Waals surface area (Å²) in [6.45, 7) is 1.26. The molecule has 1 aromatic carbocycles. The molecule has 0 aromatic heterocycles. The lowest BCUT2D eigenvalue weighted by Crippen LogP contribution is -2.40. The van der Waals surface area contributed by atoms with Crippen molar-refractivity contribution in [2.45, 2.75) is 25.5 Å². The quantitative estimate of drug-likeness (QED) is 0.791. The normalized spacial score (nSPS) is 18.4. The van der Waals surface area contributed by atoms with Crippen LogP contribution in [0.15, 0.2) is 24.3 Å². The average molecular weight is 329 g/mol. The second kappa shape index (κ2) is 7.19. The smallest absolute Gasteiger partial charge is 0.238 e. The van der Waals surface area contributed by atoms with Crippen LogP contribution in [0.25, 0.3) is 0 Å². The van der Waals surface area contributed by atoms with Crippen LogP contribution in [0.3, 0.4) is 0 Å². The van der Waals surface area contributed by atoms with Gasteiger partial charge in [-0.1, -0.05) is 12.1 Å². The standard InChI is InChI=1S/C15H20FNO4S/c1-22(19,20)11-15(18)17(10-14-3-2-8-21-14)9-12-4-6-13(16)7-5-12/h4-7,14H,2-3,8-11H2,1H3/t14-/m1/s1. The van der Waals surface area contributed by atoms with Crippen LogP contribution in [-0.2, 0) is 25.9 Å². The topological polar surface area (TPSA) is 63.7 Å². The Balaban J connectivity index is 2.09. The lowest BCUT2D eigenvalue weighted by atomic mass is 10.2. The van der Waals surface area contributed by atoms with Crippen molar-refractivity contribution in [2.75, 3.05) is 25.2 Å². The summed E-state index contributed by atoms with van der Waals surface area (Å²) >= 11 is 0. The van der Waals surface area contributed by atoms with Gasteiger partial charge in [0, 0.05) is 26.0 Å². The fourth-order valence-corrected chi connectivity index (χ4v) is 3.05. The third-order valence-corrected chi connectivity index (χ3v) is 4.24. The van der Waals surface area contributed by atoms with E-state index in [1.165, 1.54) is 17.0 Å². The molecule has 1 amide bonds. The van der Waals surface area contributed by atoms with Crippen LogP contribution in [0.1, 0.15) is 18.4 Å². The Morgan fingerprint density at radius 1 is 1.36 bits per heavy atom. The van der Waals surface area contributed by atoms with Gasteiger partial charge in [0.15, 0.2) is 9.84 Å². The molecular weight excluding hydrogens is 309 g/mol. The molecule has 7 heteroatoms. The number of halogens is 1. The van der Waals surface area contributed by atoms with Crippen molar-refractivity contribution in [1.29, 1.82) is 0 Å². The molecular formula is C15H20FNO4S. The van der Waals surface area contributed by atoms with E-state index >= 15 is 0 Å². The zero-order chi connectivity index (χ0) is 16.2. The van der Waals surface area contributed by atoms with Gasteiger partial charge in [0.1, 0.15) is 11.6 Å². The molecule has 122 valence electrons. The van der Waals surface area contributed by atoms with E-state index in [1.54, 1.807) is 12.1 Å². The van der Waals surface area contributed by atoms with Crippen molar-refractivity contribution in [3.63, 3.8) is 0 Å². The molecule has 0 aliphatic carbocycles. The summed E-state index contributed by atoms with van der Waals surface area (Å²) in [7, 11) is -3.39. The van der Waals surface area contributed by atoms with Gasteiger partial charge in [-0.3, -0.25) is 4.79 Å². The average Bonchev–Trinajstić information content (AvgIpc) is 2.91. The molecule has 1 fully saturated rings. The van der Waals surface area contributed by atoms with E-state index in [0.717, 1.165) is 24.7 Å². The predicted octanol–water partition coefficient (Wildman–Crippen LogP) is 1.38. The van der Waals surface area contributed by atoms with E-state index in [2.05, 4.69) is 0 Å². The Morgan fingerprint density at radius 3 is 2.59 bits per heavy atom. The van der Waals surface area contributed by atoms with E-state index in [1.807, 2.05) is 0 Å². The molecule has 0 unspecified atom stereocenters. The van der Waals surface area contributed by atoms with Crippen LogP contribution in [0.4, 0.5) is 4.39 Å². The molecule has 1 heterocycles. The third kappa shape index (κ3) is 5.38. The molecule has 1 aliphatic heterocycles. The van der Waals surface area contributed by atoms with Gasteiger partial charge in [-0.2, -0.15) is 0 Å². The zero-order valence-corrected chi connectivity index (χ0v) is 13.3. The summed E-state index contributed by atoms with van der Waals surface area (Å²) < 4.78 is 41.2. The molecule has 1 saturated heterocycles. The van der Waals surface area contributed by atoms with Crippen molar-refractivity contribution in [3.05, 3.63) is 35.6 Å². The van der Waals surface area contributed by atoms with Crippen molar-refractivity contribution in [3.8, 4) is 0 Å². The Kier molecular flexibility index (Phi) is 5.52. The van der Waals surface area contributed by atoms with Crippen LogP contribution in [0.2, 0.25) is 0 Å².